The highest BCUT2D eigenvalue weighted by Gasteiger charge is 2.31. The first-order chi connectivity index (χ1) is 11.1. The van der Waals surface area contributed by atoms with Crippen LogP contribution in [0.25, 0.3) is 0 Å². The van der Waals surface area contributed by atoms with Gasteiger partial charge in [-0.2, -0.15) is 0 Å². The molecule has 2 heterocycles. The average Bonchev–Trinajstić information content (AvgIpc) is 3.13. The monoisotopic (exact) mass is 316 g/mol. The SMILES string of the molecule is O=C1CCC(=O)N1CCN1CCCC1CC(O)c1ccccc1. The summed E-state index contributed by atoms with van der Waals surface area (Å²) in [5, 5.41) is 10.4. The first-order valence-corrected chi connectivity index (χ1v) is 8.45. The molecular formula is C18H24N2O3. The molecule has 2 unspecified atom stereocenters. The Balaban J connectivity index is 1.53. The molecule has 1 N–H and O–H groups in total. The van der Waals surface area contributed by atoms with Crippen LogP contribution in [0.2, 0.25) is 0 Å². The summed E-state index contributed by atoms with van der Waals surface area (Å²) >= 11 is 0. The summed E-state index contributed by atoms with van der Waals surface area (Å²) in [6, 6.07) is 10.0. The van der Waals surface area contributed by atoms with Crippen molar-refractivity contribution in [1.82, 2.24) is 9.80 Å². The van der Waals surface area contributed by atoms with E-state index in [2.05, 4.69) is 4.90 Å². The summed E-state index contributed by atoms with van der Waals surface area (Å²) in [7, 11) is 0. The molecule has 0 aromatic heterocycles. The number of aliphatic hydroxyl groups excluding tert-OH is 1. The van der Waals surface area contributed by atoms with Crippen molar-refractivity contribution in [3.63, 3.8) is 0 Å². The van der Waals surface area contributed by atoms with E-state index >= 15 is 0 Å². The van der Waals surface area contributed by atoms with Crippen LogP contribution in [0, 0.1) is 0 Å². The topological polar surface area (TPSA) is 60.9 Å². The number of aliphatic hydroxyl groups is 1. The van der Waals surface area contributed by atoms with Gasteiger partial charge in [-0.1, -0.05) is 30.3 Å². The standard InChI is InChI=1S/C18H24N2O3/c21-16(14-5-2-1-3-6-14)13-15-7-4-10-19(15)11-12-20-17(22)8-9-18(20)23/h1-3,5-6,15-16,21H,4,7-13H2. The number of nitrogens with zero attached hydrogens (tertiary/aromatic N) is 2. The van der Waals surface area contributed by atoms with E-state index in [1.54, 1.807) is 0 Å². The van der Waals surface area contributed by atoms with Crippen LogP contribution in [0.3, 0.4) is 0 Å². The second kappa shape index (κ2) is 7.23. The Morgan fingerprint density at radius 3 is 2.48 bits per heavy atom. The molecule has 1 aromatic rings. The average molecular weight is 316 g/mol. The summed E-state index contributed by atoms with van der Waals surface area (Å²) in [4.78, 5) is 27.1. The quantitative estimate of drug-likeness (QED) is 0.812. The number of hydrogen-bond donors (Lipinski definition) is 1. The van der Waals surface area contributed by atoms with Crippen molar-refractivity contribution in [3.8, 4) is 0 Å². The highest BCUT2D eigenvalue weighted by Crippen LogP contribution is 2.27. The number of amides is 2. The maximum atomic E-state index is 11.7. The van der Waals surface area contributed by atoms with Crippen LogP contribution in [0.4, 0.5) is 0 Å². The maximum absolute atomic E-state index is 11.7. The molecule has 0 radical (unpaired) electrons. The zero-order valence-corrected chi connectivity index (χ0v) is 13.4. The number of rotatable bonds is 6. The molecule has 2 fully saturated rings. The van der Waals surface area contributed by atoms with Crippen LogP contribution < -0.4 is 0 Å². The van der Waals surface area contributed by atoms with E-state index in [1.165, 1.54) is 4.90 Å². The zero-order valence-electron chi connectivity index (χ0n) is 13.4. The summed E-state index contributed by atoms with van der Waals surface area (Å²) in [6.45, 7) is 2.17. The first kappa shape index (κ1) is 16.1. The van der Waals surface area contributed by atoms with E-state index in [1.807, 2.05) is 30.3 Å². The predicted molar refractivity (Wildman–Crippen MR) is 86.6 cm³/mol. The van der Waals surface area contributed by atoms with Crippen LogP contribution in [-0.4, -0.2) is 52.4 Å². The molecule has 2 saturated heterocycles. The molecular weight excluding hydrogens is 292 g/mol. The van der Waals surface area contributed by atoms with Crippen LogP contribution in [0.15, 0.2) is 30.3 Å². The van der Waals surface area contributed by atoms with Gasteiger partial charge < -0.3 is 5.11 Å². The molecule has 2 aliphatic rings. The van der Waals surface area contributed by atoms with E-state index in [0.717, 1.165) is 24.9 Å². The Hall–Kier alpha value is -1.72. The number of carbonyl (C=O) groups excluding carboxylic acids is 2. The van der Waals surface area contributed by atoms with Crippen molar-refractivity contribution < 1.29 is 14.7 Å². The van der Waals surface area contributed by atoms with E-state index in [4.69, 9.17) is 0 Å². The van der Waals surface area contributed by atoms with Gasteiger partial charge in [-0.05, 0) is 31.4 Å². The molecule has 0 saturated carbocycles. The Morgan fingerprint density at radius 2 is 1.78 bits per heavy atom. The summed E-state index contributed by atoms with van der Waals surface area (Å²) in [5.74, 6) is -0.0925. The summed E-state index contributed by atoms with van der Waals surface area (Å²) < 4.78 is 0. The smallest absolute Gasteiger partial charge is 0.229 e. The van der Waals surface area contributed by atoms with Gasteiger partial charge >= 0.3 is 0 Å². The van der Waals surface area contributed by atoms with Gasteiger partial charge in [0.1, 0.15) is 0 Å². The first-order valence-electron chi connectivity index (χ1n) is 8.45. The highest BCUT2D eigenvalue weighted by molar-refractivity contribution is 6.01. The predicted octanol–water partition coefficient (Wildman–Crippen LogP) is 1.72. The Kier molecular flexibility index (Phi) is 5.08. The number of imide groups is 1. The molecule has 0 bridgehead atoms. The molecule has 23 heavy (non-hydrogen) atoms. The normalized spacial score (nSPS) is 23.7. The van der Waals surface area contributed by atoms with Gasteiger partial charge in [0.25, 0.3) is 0 Å². The highest BCUT2D eigenvalue weighted by atomic mass is 16.3. The van der Waals surface area contributed by atoms with Gasteiger partial charge in [0, 0.05) is 32.0 Å². The van der Waals surface area contributed by atoms with Crippen molar-refractivity contribution in [1.29, 1.82) is 0 Å². The van der Waals surface area contributed by atoms with Crippen LogP contribution in [-0.2, 0) is 9.59 Å². The lowest BCUT2D eigenvalue weighted by molar-refractivity contribution is -0.138. The molecule has 124 valence electrons. The van der Waals surface area contributed by atoms with Crippen molar-refractivity contribution >= 4 is 11.8 Å². The minimum atomic E-state index is -0.461. The molecule has 0 aliphatic carbocycles. The van der Waals surface area contributed by atoms with E-state index in [0.29, 0.717) is 38.4 Å². The molecule has 2 aliphatic heterocycles. The van der Waals surface area contributed by atoms with Gasteiger partial charge in [-0.3, -0.25) is 19.4 Å². The minimum absolute atomic E-state index is 0.0462. The molecule has 3 rings (SSSR count). The number of carbonyl (C=O) groups is 2. The number of hydrogen-bond acceptors (Lipinski definition) is 4. The summed E-state index contributed by atoms with van der Waals surface area (Å²) in [6.07, 6.45) is 3.12. The number of benzene rings is 1. The fraction of sp³-hybridized carbons (Fsp3) is 0.556. The third-order valence-corrected chi connectivity index (χ3v) is 4.94. The van der Waals surface area contributed by atoms with Gasteiger partial charge in [0.05, 0.1) is 6.10 Å². The third-order valence-electron chi connectivity index (χ3n) is 4.94. The summed E-state index contributed by atoms with van der Waals surface area (Å²) in [5.41, 5.74) is 0.948. The van der Waals surface area contributed by atoms with Gasteiger partial charge in [0.2, 0.25) is 11.8 Å². The lowest BCUT2D eigenvalue weighted by atomic mass is 10.0. The van der Waals surface area contributed by atoms with Crippen molar-refractivity contribution in [2.24, 2.45) is 0 Å². The molecule has 2 amide bonds. The van der Waals surface area contributed by atoms with Gasteiger partial charge in [0.15, 0.2) is 0 Å². The fourth-order valence-corrected chi connectivity index (χ4v) is 3.63. The largest absolute Gasteiger partial charge is 0.388 e. The van der Waals surface area contributed by atoms with E-state index < -0.39 is 6.10 Å². The Morgan fingerprint density at radius 1 is 1.09 bits per heavy atom. The molecule has 2 atom stereocenters. The fourth-order valence-electron chi connectivity index (χ4n) is 3.63. The van der Waals surface area contributed by atoms with Crippen LogP contribution in [0.5, 0.6) is 0 Å². The van der Waals surface area contributed by atoms with Crippen molar-refractivity contribution in [3.05, 3.63) is 35.9 Å². The number of likely N-dealkylation sites (tertiary alicyclic amines) is 2. The van der Waals surface area contributed by atoms with Gasteiger partial charge in [-0.15, -0.1) is 0 Å². The zero-order chi connectivity index (χ0) is 16.2. The van der Waals surface area contributed by atoms with Crippen molar-refractivity contribution in [2.75, 3.05) is 19.6 Å². The lowest BCUT2D eigenvalue weighted by Gasteiger charge is -2.28. The van der Waals surface area contributed by atoms with Gasteiger partial charge in [-0.25, -0.2) is 0 Å². The van der Waals surface area contributed by atoms with Crippen LogP contribution >= 0.6 is 0 Å². The van der Waals surface area contributed by atoms with Crippen LogP contribution in [0.1, 0.15) is 43.8 Å². The molecule has 5 nitrogen and oxygen atoms in total. The molecule has 1 aromatic carbocycles. The minimum Gasteiger partial charge on any atom is -0.388 e. The van der Waals surface area contributed by atoms with E-state index in [-0.39, 0.29) is 11.8 Å². The lowest BCUT2D eigenvalue weighted by Crippen LogP contribution is -2.40. The van der Waals surface area contributed by atoms with Crippen molar-refractivity contribution in [2.45, 2.75) is 44.2 Å². The Labute approximate surface area is 136 Å². The second-order valence-corrected chi connectivity index (χ2v) is 6.43. The third kappa shape index (κ3) is 3.79. The molecule has 0 spiro atoms. The Bertz CT molecular complexity index is 545. The second-order valence-electron chi connectivity index (χ2n) is 6.43. The maximum Gasteiger partial charge on any atom is 0.229 e. The van der Waals surface area contributed by atoms with E-state index in [9.17, 15) is 14.7 Å². The molecule has 5 heteroatoms.